The predicted molar refractivity (Wildman–Crippen MR) is 103 cm³/mol. The van der Waals surface area contributed by atoms with E-state index in [1.807, 2.05) is 48.5 Å². The van der Waals surface area contributed by atoms with Crippen molar-refractivity contribution >= 4 is 39.4 Å². The monoisotopic (exact) mass is 405 g/mol. The smallest absolute Gasteiger partial charge is 0.216 e. The molecule has 0 aliphatic carbocycles. The number of hydrogen-bond acceptors (Lipinski definition) is 3. The molecule has 2 aromatic carbocycles. The normalized spacial score (nSPS) is 10.4. The molecule has 5 heteroatoms. The van der Waals surface area contributed by atoms with Gasteiger partial charge in [0.2, 0.25) is 5.91 Å². The van der Waals surface area contributed by atoms with Gasteiger partial charge in [0, 0.05) is 28.4 Å². The second kappa shape index (κ2) is 9.64. The van der Waals surface area contributed by atoms with E-state index in [4.69, 9.17) is 0 Å². The molecular weight excluding hydrogens is 386 g/mol. The molecule has 2 aromatic rings. The van der Waals surface area contributed by atoms with Crippen LogP contribution in [0.25, 0.3) is 0 Å². The van der Waals surface area contributed by atoms with Crippen LogP contribution in [0.2, 0.25) is 0 Å². The summed E-state index contributed by atoms with van der Waals surface area (Å²) in [5.74, 6) is 0.565. The maximum Gasteiger partial charge on any atom is 0.216 e. The third-order valence-electron chi connectivity index (χ3n) is 3.48. The Morgan fingerprint density at radius 1 is 1.04 bits per heavy atom. The third kappa shape index (κ3) is 6.49. The Morgan fingerprint density at radius 2 is 1.71 bits per heavy atom. The highest BCUT2D eigenvalue weighted by Crippen LogP contribution is 2.21. The number of aryl methyl sites for hydroxylation is 1. The van der Waals surface area contributed by atoms with Gasteiger partial charge in [-0.15, -0.1) is 11.8 Å². The molecular formula is C19H20BrNO2S. The van der Waals surface area contributed by atoms with Gasteiger partial charge in [0.15, 0.2) is 5.78 Å². The average Bonchev–Trinajstić information content (AvgIpc) is 2.58. The molecule has 0 aromatic heterocycles. The predicted octanol–water partition coefficient (Wildman–Crippen LogP) is 4.49. The van der Waals surface area contributed by atoms with Crippen LogP contribution in [0.1, 0.15) is 29.3 Å². The van der Waals surface area contributed by atoms with Crippen molar-refractivity contribution in [2.24, 2.45) is 0 Å². The van der Waals surface area contributed by atoms with Gasteiger partial charge in [0.25, 0.3) is 0 Å². The molecule has 24 heavy (non-hydrogen) atoms. The molecule has 0 aliphatic rings. The van der Waals surface area contributed by atoms with Gasteiger partial charge in [-0.3, -0.25) is 9.59 Å². The van der Waals surface area contributed by atoms with Crippen molar-refractivity contribution in [1.29, 1.82) is 0 Å². The van der Waals surface area contributed by atoms with Crippen LogP contribution in [0.4, 0.5) is 0 Å². The minimum Gasteiger partial charge on any atom is -0.356 e. The van der Waals surface area contributed by atoms with E-state index in [1.54, 1.807) is 11.8 Å². The number of Topliss-reactive ketones (excluding diaryl/α,β-unsaturated/α-hetero) is 1. The lowest BCUT2D eigenvalue weighted by atomic mass is 10.1. The van der Waals surface area contributed by atoms with Gasteiger partial charge in [-0.05, 0) is 42.7 Å². The zero-order chi connectivity index (χ0) is 17.4. The summed E-state index contributed by atoms with van der Waals surface area (Å²) in [5.41, 5.74) is 1.92. The molecule has 2 rings (SSSR count). The fourth-order valence-electron chi connectivity index (χ4n) is 2.18. The summed E-state index contributed by atoms with van der Waals surface area (Å²) in [4.78, 5) is 24.1. The topological polar surface area (TPSA) is 46.2 Å². The Hall–Kier alpha value is -1.59. The van der Waals surface area contributed by atoms with Crippen LogP contribution in [-0.4, -0.2) is 24.0 Å². The molecule has 0 aliphatic heterocycles. The molecule has 0 spiro atoms. The first-order valence-electron chi connectivity index (χ1n) is 7.79. The largest absolute Gasteiger partial charge is 0.356 e. The molecule has 0 heterocycles. The van der Waals surface area contributed by atoms with Gasteiger partial charge >= 0.3 is 0 Å². The zero-order valence-electron chi connectivity index (χ0n) is 13.5. The van der Waals surface area contributed by atoms with Crippen molar-refractivity contribution in [3.63, 3.8) is 0 Å². The number of nitrogens with one attached hydrogen (secondary N) is 1. The SMILES string of the molecule is CC(=O)NCCCc1ccc(C(=O)CSc2ccc(Br)cc2)cc1. The van der Waals surface area contributed by atoms with Crippen molar-refractivity contribution in [3.05, 3.63) is 64.1 Å². The Bertz CT molecular complexity index is 684. The van der Waals surface area contributed by atoms with Gasteiger partial charge in [-0.2, -0.15) is 0 Å². The number of benzene rings is 2. The number of amides is 1. The Labute approximate surface area is 155 Å². The number of rotatable bonds is 8. The third-order valence-corrected chi connectivity index (χ3v) is 5.02. The van der Waals surface area contributed by atoms with Crippen LogP contribution >= 0.6 is 27.7 Å². The Kier molecular flexibility index (Phi) is 7.53. The molecule has 0 bridgehead atoms. The fourth-order valence-corrected chi connectivity index (χ4v) is 3.23. The fraction of sp³-hybridized carbons (Fsp3) is 0.263. The lowest BCUT2D eigenvalue weighted by Gasteiger charge is -2.05. The van der Waals surface area contributed by atoms with E-state index in [1.165, 1.54) is 12.5 Å². The molecule has 0 atom stereocenters. The molecule has 0 saturated carbocycles. The van der Waals surface area contributed by atoms with E-state index in [0.717, 1.165) is 27.8 Å². The van der Waals surface area contributed by atoms with Gasteiger partial charge in [0.05, 0.1) is 5.75 Å². The number of thioether (sulfide) groups is 1. The lowest BCUT2D eigenvalue weighted by Crippen LogP contribution is -2.21. The van der Waals surface area contributed by atoms with E-state index in [-0.39, 0.29) is 11.7 Å². The van der Waals surface area contributed by atoms with Crippen LogP contribution in [-0.2, 0) is 11.2 Å². The lowest BCUT2D eigenvalue weighted by molar-refractivity contribution is -0.118. The minimum atomic E-state index is -0.000724. The summed E-state index contributed by atoms with van der Waals surface area (Å²) in [7, 11) is 0. The number of ketones is 1. The number of carbonyl (C=O) groups is 2. The summed E-state index contributed by atoms with van der Waals surface area (Å²) in [6.45, 7) is 2.20. The first kappa shape index (κ1) is 18.7. The van der Waals surface area contributed by atoms with Crippen molar-refractivity contribution in [1.82, 2.24) is 5.32 Å². The van der Waals surface area contributed by atoms with E-state index >= 15 is 0 Å². The second-order valence-corrected chi connectivity index (χ2v) is 7.41. The van der Waals surface area contributed by atoms with E-state index in [0.29, 0.717) is 12.3 Å². The number of hydrogen-bond donors (Lipinski definition) is 1. The van der Waals surface area contributed by atoms with E-state index in [2.05, 4.69) is 21.2 Å². The van der Waals surface area contributed by atoms with Gasteiger partial charge < -0.3 is 5.32 Å². The summed E-state index contributed by atoms with van der Waals surface area (Å²) in [6, 6.07) is 15.7. The molecule has 126 valence electrons. The standard InChI is InChI=1S/C19H20BrNO2S/c1-14(22)21-12-2-3-15-4-6-16(7-5-15)19(23)13-24-18-10-8-17(20)9-11-18/h4-11H,2-3,12-13H2,1H3,(H,21,22). The van der Waals surface area contributed by atoms with E-state index < -0.39 is 0 Å². The molecule has 0 unspecified atom stereocenters. The van der Waals surface area contributed by atoms with E-state index in [9.17, 15) is 9.59 Å². The van der Waals surface area contributed by atoms with Crippen molar-refractivity contribution in [2.45, 2.75) is 24.7 Å². The van der Waals surface area contributed by atoms with Crippen LogP contribution in [0, 0.1) is 0 Å². The quantitative estimate of drug-likeness (QED) is 0.399. The van der Waals surface area contributed by atoms with Crippen molar-refractivity contribution < 1.29 is 9.59 Å². The Morgan fingerprint density at radius 3 is 2.33 bits per heavy atom. The summed E-state index contributed by atoms with van der Waals surface area (Å²) in [5, 5.41) is 2.78. The number of carbonyl (C=O) groups excluding carboxylic acids is 2. The summed E-state index contributed by atoms with van der Waals surface area (Å²) >= 11 is 4.95. The first-order valence-corrected chi connectivity index (χ1v) is 9.57. The van der Waals surface area contributed by atoms with Crippen LogP contribution in [0.3, 0.4) is 0 Å². The molecule has 1 amide bonds. The molecule has 0 radical (unpaired) electrons. The van der Waals surface area contributed by atoms with Crippen LogP contribution in [0.5, 0.6) is 0 Å². The highest BCUT2D eigenvalue weighted by molar-refractivity contribution is 9.10. The highest BCUT2D eigenvalue weighted by Gasteiger charge is 2.07. The summed E-state index contributed by atoms with van der Waals surface area (Å²) < 4.78 is 1.03. The zero-order valence-corrected chi connectivity index (χ0v) is 16.0. The van der Waals surface area contributed by atoms with Crippen molar-refractivity contribution in [2.75, 3.05) is 12.3 Å². The van der Waals surface area contributed by atoms with Crippen LogP contribution in [0.15, 0.2) is 57.9 Å². The average molecular weight is 406 g/mol. The first-order chi connectivity index (χ1) is 11.5. The molecule has 3 nitrogen and oxygen atoms in total. The van der Waals surface area contributed by atoms with Gasteiger partial charge in [-0.25, -0.2) is 0 Å². The van der Waals surface area contributed by atoms with Gasteiger partial charge in [0.1, 0.15) is 0 Å². The van der Waals surface area contributed by atoms with Gasteiger partial charge in [-0.1, -0.05) is 40.2 Å². The molecule has 1 N–H and O–H groups in total. The van der Waals surface area contributed by atoms with Crippen molar-refractivity contribution in [3.8, 4) is 0 Å². The molecule has 0 fully saturated rings. The second-order valence-electron chi connectivity index (χ2n) is 5.45. The minimum absolute atomic E-state index is 0.000724. The summed E-state index contributed by atoms with van der Waals surface area (Å²) in [6.07, 6.45) is 1.79. The Balaban J connectivity index is 1.80. The maximum absolute atomic E-state index is 12.3. The highest BCUT2D eigenvalue weighted by atomic mass is 79.9. The number of halogens is 1. The molecule has 0 saturated heterocycles. The maximum atomic E-state index is 12.3. The van der Waals surface area contributed by atoms with Crippen LogP contribution < -0.4 is 5.32 Å².